The molecular weight excluding hydrogens is 328 g/mol. The normalized spacial score (nSPS) is 10.8. The van der Waals surface area contributed by atoms with Crippen molar-refractivity contribution in [3.63, 3.8) is 0 Å². The molecule has 3 rings (SSSR count). The largest absolute Gasteiger partial charge is 0.423 e. The van der Waals surface area contributed by atoms with Crippen LogP contribution in [0.25, 0.3) is 10.9 Å². The van der Waals surface area contributed by atoms with Gasteiger partial charge >= 0.3 is 5.97 Å². The molecule has 1 aromatic carbocycles. The monoisotopic (exact) mass is 342 g/mol. The first kappa shape index (κ1) is 16.2. The number of esters is 1. The number of nitrogens with one attached hydrogen (secondary N) is 1. The molecule has 0 saturated carbocycles. The summed E-state index contributed by atoms with van der Waals surface area (Å²) in [4.78, 5) is 31.8. The van der Waals surface area contributed by atoms with Crippen LogP contribution in [-0.2, 0) is 4.79 Å². The standard InChI is InChI=1S/C18H15ClN2O3/c1-3-15(22)24-18-12-8-7-11(19)9-14(12)21-16(18)17(23)13-6-4-5-10(2)20-13/h4-9,21H,3H2,1-2H3. The highest BCUT2D eigenvalue weighted by Gasteiger charge is 2.23. The molecule has 0 aliphatic rings. The van der Waals surface area contributed by atoms with Gasteiger partial charge in [0.2, 0.25) is 5.78 Å². The molecule has 0 bridgehead atoms. The zero-order chi connectivity index (χ0) is 17.3. The molecule has 0 aliphatic carbocycles. The van der Waals surface area contributed by atoms with E-state index in [0.29, 0.717) is 15.9 Å². The Labute approximate surface area is 143 Å². The van der Waals surface area contributed by atoms with E-state index in [4.69, 9.17) is 16.3 Å². The number of aromatic amines is 1. The number of nitrogens with zero attached hydrogens (tertiary/aromatic N) is 1. The minimum Gasteiger partial charge on any atom is -0.423 e. The van der Waals surface area contributed by atoms with E-state index in [9.17, 15) is 9.59 Å². The maximum atomic E-state index is 12.8. The van der Waals surface area contributed by atoms with E-state index in [0.717, 1.165) is 5.69 Å². The molecule has 1 N–H and O–H groups in total. The van der Waals surface area contributed by atoms with E-state index < -0.39 is 5.97 Å². The lowest BCUT2D eigenvalue weighted by atomic mass is 10.1. The minimum absolute atomic E-state index is 0.187. The lowest BCUT2D eigenvalue weighted by molar-refractivity contribution is -0.133. The van der Waals surface area contributed by atoms with Crippen LogP contribution >= 0.6 is 11.6 Å². The average molecular weight is 343 g/mol. The van der Waals surface area contributed by atoms with E-state index in [1.165, 1.54) is 0 Å². The van der Waals surface area contributed by atoms with E-state index in [2.05, 4.69) is 9.97 Å². The number of fused-ring (bicyclic) bond motifs is 1. The number of benzene rings is 1. The van der Waals surface area contributed by atoms with Crippen molar-refractivity contribution in [1.29, 1.82) is 0 Å². The number of aryl methyl sites for hydroxylation is 1. The summed E-state index contributed by atoms with van der Waals surface area (Å²) in [6.45, 7) is 3.50. The van der Waals surface area contributed by atoms with Gasteiger partial charge in [-0.1, -0.05) is 24.6 Å². The Morgan fingerprint density at radius 3 is 2.75 bits per heavy atom. The molecule has 0 spiro atoms. The van der Waals surface area contributed by atoms with Crippen LogP contribution < -0.4 is 4.74 Å². The fraction of sp³-hybridized carbons (Fsp3) is 0.167. The first-order valence-electron chi connectivity index (χ1n) is 7.50. The van der Waals surface area contributed by atoms with Crippen LogP contribution in [0.2, 0.25) is 5.02 Å². The third kappa shape index (κ3) is 3.03. The van der Waals surface area contributed by atoms with Crippen LogP contribution in [0.4, 0.5) is 0 Å². The summed E-state index contributed by atoms with van der Waals surface area (Å²) in [5.74, 6) is -0.552. The molecule has 24 heavy (non-hydrogen) atoms. The van der Waals surface area contributed by atoms with Gasteiger partial charge in [0.25, 0.3) is 0 Å². The molecule has 0 radical (unpaired) electrons. The smallest absolute Gasteiger partial charge is 0.310 e. The van der Waals surface area contributed by atoms with Crippen molar-refractivity contribution in [3.05, 3.63) is 58.5 Å². The van der Waals surface area contributed by atoms with Gasteiger partial charge in [-0.2, -0.15) is 0 Å². The first-order chi connectivity index (χ1) is 11.5. The summed E-state index contributed by atoms with van der Waals surface area (Å²) in [7, 11) is 0. The summed E-state index contributed by atoms with van der Waals surface area (Å²) in [5, 5.41) is 1.14. The van der Waals surface area contributed by atoms with Crippen LogP contribution in [0.5, 0.6) is 5.75 Å². The third-order valence-electron chi connectivity index (χ3n) is 3.57. The van der Waals surface area contributed by atoms with Crippen LogP contribution in [-0.4, -0.2) is 21.7 Å². The third-order valence-corrected chi connectivity index (χ3v) is 3.80. The van der Waals surface area contributed by atoms with Crippen molar-refractivity contribution in [3.8, 4) is 5.75 Å². The van der Waals surface area contributed by atoms with E-state index >= 15 is 0 Å². The quantitative estimate of drug-likeness (QED) is 0.573. The number of ketones is 1. The highest BCUT2D eigenvalue weighted by molar-refractivity contribution is 6.31. The lowest BCUT2D eigenvalue weighted by Gasteiger charge is -2.05. The number of halogens is 1. The van der Waals surface area contributed by atoms with Crippen LogP contribution in [0.3, 0.4) is 0 Å². The van der Waals surface area contributed by atoms with Gasteiger partial charge in [0.15, 0.2) is 5.75 Å². The number of pyridine rings is 1. The zero-order valence-electron chi connectivity index (χ0n) is 13.2. The number of aromatic nitrogens is 2. The molecule has 0 fully saturated rings. The Hall–Kier alpha value is -2.66. The summed E-state index contributed by atoms with van der Waals surface area (Å²) < 4.78 is 5.40. The molecule has 3 aromatic rings. The van der Waals surface area contributed by atoms with Gasteiger partial charge in [-0.3, -0.25) is 9.59 Å². The Balaban J connectivity index is 2.16. The predicted molar refractivity (Wildman–Crippen MR) is 91.6 cm³/mol. The molecule has 122 valence electrons. The summed E-state index contributed by atoms with van der Waals surface area (Å²) in [6.07, 6.45) is 0.205. The van der Waals surface area contributed by atoms with E-state index in [-0.39, 0.29) is 29.3 Å². The van der Waals surface area contributed by atoms with E-state index in [1.54, 1.807) is 50.2 Å². The number of ether oxygens (including phenoxy) is 1. The summed E-state index contributed by atoms with van der Waals surface area (Å²) in [6, 6.07) is 10.3. The maximum absolute atomic E-state index is 12.8. The maximum Gasteiger partial charge on any atom is 0.310 e. The highest BCUT2D eigenvalue weighted by atomic mass is 35.5. The summed E-state index contributed by atoms with van der Waals surface area (Å²) >= 11 is 6.01. The second-order valence-electron chi connectivity index (χ2n) is 5.34. The van der Waals surface area contributed by atoms with Gasteiger partial charge in [0.1, 0.15) is 11.4 Å². The lowest BCUT2D eigenvalue weighted by Crippen LogP contribution is -2.11. The molecule has 6 heteroatoms. The Bertz CT molecular complexity index is 947. The predicted octanol–water partition coefficient (Wildman–Crippen LogP) is 4.07. The SMILES string of the molecule is CCC(=O)Oc1c(C(=O)c2cccc(C)n2)[nH]c2cc(Cl)ccc12. The van der Waals surface area contributed by atoms with Crippen molar-refractivity contribution >= 4 is 34.3 Å². The van der Waals surface area contributed by atoms with Crippen LogP contribution in [0.15, 0.2) is 36.4 Å². The van der Waals surface area contributed by atoms with Crippen molar-refractivity contribution in [1.82, 2.24) is 9.97 Å². The molecule has 0 aliphatic heterocycles. The molecule has 0 saturated heterocycles. The van der Waals surface area contributed by atoms with Crippen molar-refractivity contribution < 1.29 is 14.3 Å². The molecule has 2 heterocycles. The van der Waals surface area contributed by atoms with Gasteiger partial charge in [-0.25, -0.2) is 4.98 Å². The first-order valence-corrected chi connectivity index (χ1v) is 7.87. The molecule has 0 amide bonds. The average Bonchev–Trinajstić information content (AvgIpc) is 2.91. The molecular formula is C18H15ClN2O3. The Morgan fingerprint density at radius 2 is 2.04 bits per heavy atom. The zero-order valence-corrected chi connectivity index (χ0v) is 14.0. The molecule has 0 atom stereocenters. The molecule has 2 aromatic heterocycles. The fourth-order valence-corrected chi connectivity index (χ4v) is 2.57. The Morgan fingerprint density at radius 1 is 1.25 bits per heavy atom. The van der Waals surface area contributed by atoms with Gasteiger partial charge in [-0.05, 0) is 37.3 Å². The van der Waals surface area contributed by atoms with Crippen molar-refractivity contribution in [2.24, 2.45) is 0 Å². The minimum atomic E-state index is -0.419. The molecule has 0 unspecified atom stereocenters. The van der Waals surface area contributed by atoms with Gasteiger partial charge in [0.05, 0.1) is 5.52 Å². The fourth-order valence-electron chi connectivity index (χ4n) is 2.39. The van der Waals surface area contributed by atoms with Crippen molar-refractivity contribution in [2.75, 3.05) is 0 Å². The van der Waals surface area contributed by atoms with Crippen molar-refractivity contribution in [2.45, 2.75) is 20.3 Å². The topological polar surface area (TPSA) is 72.1 Å². The second kappa shape index (κ2) is 6.45. The number of H-pyrrole nitrogens is 1. The molecule has 5 nitrogen and oxygen atoms in total. The Kier molecular flexibility index (Phi) is 4.36. The van der Waals surface area contributed by atoms with Crippen LogP contribution in [0, 0.1) is 6.92 Å². The number of hydrogen-bond acceptors (Lipinski definition) is 4. The van der Waals surface area contributed by atoms with Gasteiger partial charge in [-0.15, -0.1) is 0 Å². The number of carbonyl (C=O) groups is 2. The number of rotatable bonds is 4. The van der Waals surface area contributed by atoms with Gasteiger partial charge < -0.3 is 9.72 Å². The second-order valence-corrected chi connectivity index (χ2v) is 5.78. The van der Waals surface area contributed by atoms with Gasteiger partial charge in [0, 0.05) is 22.5 Å². The number of carbonyl (C=O) groups excluding carboxylic acids is 2. The van der Waals surface area contributed by atoms with Crippen LogP contribution in [0.1, 0.15) is 35.2 Å². The summed E-state index contributed by atoms with van der Waals surface area (Å²) in [5.41, 5.74) is 1.82. The highest BCUT2D eigenvalue weighted by Crippen LogP contribution is 2.33. The number of hydrogen-bond donors (Lipinski definition) is 1. The van der Waals surface area contributed by atoms with E-state index in [1.807, 2.05) is 0 Å².